The number of nitrogens with zero attached hydrogens (tertiary/aromatic N) is 4. The van der Waals surface area contributed by atoms with E-state index >= 15 is 0 Å². The number of anilines is 1. The molecule has 1 aliphatic heterocycles. The smallest absolute Gasteiger partial charge is 0.229 e. The molecule has 1 atom stereocenters. The molecule has 0 radical (unpaired) electrons. The molecule has 1 aromatic carbocycles. The average Bonchev–Trinajstić information content (AvgIpc) is 3.05. The third-order valence-electron chi connectivity index (χ3n) is 3.75. The lowest BCUT2D eigenvalue weighted by Gasteiger charge is -2.33. The molecule has 0 aliphatic carbocycles. The lowest BCUT2D eigenvalue weighted by atomic mass is 10.1. The Morgan fingerprint density at radius 1 is 1.43 bits per heavy atom. The summed E-state index contributed by atoms with van der Waals surface area (Å²) < 4.78 is 24.7. The van der Waals surface area contributed by atoms with Crippen molar-refractivity contribution < 1.29 is 13.7 Å². The molecule has 120 valence electrons. The zero-order valence-electron chi connectivity index (χ0n) is 13.0. The molecular weight excluding hydrogens is 299 g/mol. The number of rotatable bonds is 3. The van der Waals surface area contributed by atoms with Gasteiger partial charge in [0.05, 0.1) is 18.8 Å². The number of ether oxygens (including phenoxy) is 1. The molecule has 0 bridgehead atoms. The molecule has 1 fully saturated rings. The number of benzene rings is 1. The van der Waals surface area contributed by atoms with Gasteiger partial charge in [0.1, 0.15) is 23.6 Å². The number of aromatic nitrogens is 2. The van der Waals surface area contributed by atoms with Crippen LogP contribution in [-0.2, 0) is 4.74 Å². The van der Waals surface area contributed by atoms with Gasteiger partial charge in [-0.3, -0.25) is 0 Å². The Bertz CT molecular complexity index is 738. The van der Waals surface area contributed by atoms with E-state index in [2.05, 4.69) is 10.1 Å². The lowest BCUT2D eigenvalue weighted by Crippen LogP contribution is -2.39. The molecule has 23 heavy (non-hydrogen) atoms. The first kappa shape index (κ1) is 15.4. The van der Waals surface area contributed by atoms with Gasteiger partial charge in [-0.25, -0.2) is 4.39 Å². The summed E-state index contributed by atoms with van der Waals surface area (Å²) in [5.41, 5.74) is 0.609. The molecule has 2 heterocycles. The Labute approximate surface area is 133 Å². The second-order valence-electron chi connectivity index (χ2n) is 5.70. The highest BCUT2D eigenvalue weighted by Crippen LogP contribution is 2.28. The van der Waals surface area contributed by atoms with Crippen molar-refractivity contribution in [1.29, 1.82) is 5.26 Å². The Kier molecular flexibility index (Phi) is 4.26. The Morgan fingerprint density at radius 2 is 2.26 bits per heavy atom. The van der Waals surface area contributed by atoms with Crippen LogP contribution in [0.25, 0.3) is 0 Å². The Balaban J connectivity index is 1.84. The van der Waals surface area contributed by atoms with E-state index in [9.17, 15) is 9.65 Å². The summed E-state index contributed by atoms with van der Waals surface area (Å²) in [6.45, 7) is 5.39. The second-order valence-corrected chi connectivity index (χ2v) is 5.70. The first-order valence-corrected chi connectivity index (χ1v) is 7.48. The average molecular weight is 316 g/mol. The summed E-state index contributed by atoms with van der Waals surface area (Å²) in [7, 11) is 0. The van der Waals surface area contributed by atoms with E-state index in [1.807, 2.05) is 24.8 Å². The summed E-state index contributed by atoms with van der Waals surface area (Å²) in [5.74, 6) is 0.663. The number of morpholine rings is 1. The number of hydrogen-bond acceptors (Lipinski definition) is 6. The van der Waals surface area contributed by atoms with E-state index < -0.39 is 5.82 Å². The molecule has 7 heteroatoms. The summed E-state index contributed by atoms with van der Waals surface area (Å²) in [6, 6.07) is 6.55. The minimum absolute atomic E-state index is 0.0455. The van der Waals surface area contributed by atoms with Crippen molar-refractivity contribution in [2.75, 3.05) is 24.6 Å². The molecule has 0 spiro atoms. The molecule has 1 unspecified atom stereocenters. The van der Waals surface area contributed by atoms with Gasteiger partial charge >= 0.3 is 0 Å². The van der Waals surface area contributed by atoms with Crippen LogP contribution in [0.15, 0.2) is 22.7 Å². The zero-order valence-corrected chi connectivity index (χ0v) is 13.0. The molecule has 1 aromatic heterocycles. The lowest BCUT2D eigenvalue weighted by molar-refractivity contribution is 0.0326. The summed E-state index contributed by atoms with van der Waals surface area (Å²) in [6.07, 6.45) is -0.366. The second kappa shape index (κ2) is 6.34. The predicted molar refractivity (Wildman–Crippen MR) is 80.4 cm³/mol. The van der Waals surface area contributed by atoms with Crippen LogP contribution in [0.2, 0.25) is 0 Å². The number of halogens is 1. The van der Waals surface area contributed by atoms with Gasteiger partial charge in [0.2, 0.25) is 11.7 Å². The Hall–Kier alpha value is -2.46. The van der Waals surface area contributed by atoms with Gasteiger partial charge in [-0.05, 0) is 12.1 Å². The van der Waals surface area contributed by atoms with E-state index in [1.165, 1.54) is 6.07 Å². The fourth-order valence-corrected chi connectivity index (χ4v) is 2.52. The number of nitriles is 1. The molecule has 0 amide bonds. The third kappa shape index (κ3) is 3.03. The van der Waals surface area contributed by atoms with E-state index in [4.69, 9.17) is 9.26 Å². The molecule has 1 saturated heterocycles. The zero-order chi connectivity index (χ0) is 16.4. The highest BCUT2D eigenvalue weighted by Gasteiger charge is 2.28. The van der Waals surface area contributed by atoms with Crippen molar-refractivity contribution in [2.24, 2.45) is 0 Å². The van der Waals surface area contributed by atoms with Crippen LogP contribution < -0.4 is 4.90 Å². The quantitative estimate of drug-likeness (QED) is 0.866. The maximum atomic E-state index is 13.8. The van der Waals surface area contributed by atoms with Crippen LogP contribution in [0.3, 0.4) is 0 Å². The van der Waals surface area contributed by atoms with Crippen LogP contribution in [0.4, 0.5) is 10.1 Å². The molecule has 6 nitrogen and oxygen atoms in total. The standard InChI is InChI=1S/C16H17FN4O2/c1-10(2)16-19-15(20-23-16)14-9-21(6-7-22-14)13-5-3-4-12(17)11(13)8-18/h3-5,10,14H,6-7,9H2,1-2H3. The van der Waals surface area contributed by atoms with Crippen molar-refractivity contribution in [3.8, 4) is 6.07 Å². The topological polar surface area (TPSA) is 75.2 Å². The summed E-state index contributed by atoms with van der Waals surface area (Å²) in [5, 5.41) is 13.2. The Morgan fingerprint density at radius 3 is 2.96 bits per heavy atom. The van der Waals surface area contributed by atoms with Gasteiger partial charge in [0.15, 0.2) is 0 Å². The molecule has 0 N–H and O–H groups in total. The minimum Gasteiger partial charge on any atom is -0.366 e. The van der Waals surface area contributed by atoms with Crippen molar-refractivity contribution in [1.82, 2.24) is 10.1 Å². The molecule has 2 aromatic rings. The maximum Gasteiger partial charge on any atom is 0.229 e. The molecule has 3 rings (SSSR count). The highest BCUT2D eigenvalue weighted by atomic mass is 19.1. The van der Waals surface area contributed by atoms with E-state index in [0.29, 0.717) is 37.1 Å². The van der Waals surface area contributed by atoms with Crippen molar-refractivity contribution >= 4 is 5.69 Å². The van der Waals surface area contributed by atoms with E-state index in [-0.39, 0.29) is 17.6 Å². The van der Waals surface area contributed by atoms with Gasteiger partial charge in [-0.2, -0.15) is 10.2 Å². The minimum atomic E-state index is -0.519. The monoisotopic (exact) mass is 316 g/mol. The van der Waals surface area contributed by atoms with E-state index in [0.717, 1.165) is 0 Å². The first-order valence-electron chi connectivity index (χ1n) is 7.48. The summed E-state index contributed by atoms with van der Waals surface area (Å²) >= 11 is 0. The first-order chi connectivity index (χ1) is 11.1. The van der Waals surface area contributed by atoms with Gasteiger partial charge in [-0.15, -0.1) is 0 Å². The third-order valence-corrected chi connectivity index (χ3v) is 3.75. The van der Waals surface area contributed by atoms with Gasteiger partial charge in [0, 0.05) is 12.5 Å². The van der Waals surface area contributed by atoms with Crippen molar-refractivity contribution in [3.63, 3.8) is 0 Å². The molecular formula is C16H17FN4O2. The van der Waals surface area contributed by atoms with E-state index in [1.54, 1.807) is 12.1 Å². The van der Waals surface area contributed by atoms with Gasteiger partial charge in [-0.1, -0.05) is 25.1 Å². The van der Waals surface area contributed by atoms with Crippen LogP contribution in [0.1, 0.15) is 43.1 Å². The predicted octanol–water partition coefficient (Wildman–Crippen LogP) is 2.78. The normalized spacial score (nSPS) is 18.2. The maximum absolute atomic E-state index is 13.8. The SMILES string of the molecule is CC(C)c1nc(C2CN(c3cccc(F)c3C#N)CCO2)no1. The van der Waals surface area contributed by atoms with Gasteiger partial charge < -0.3 is 14.2 Å². The van der Waals surface area contributed by atoms with Crippen LogP contribution in [0.5, 0.6) is 0 Å². The fourth-order valence-electron chi connectivity index (χ4n) is 2.52. The van der Waals surface area contributed by atoms with Crippen LogP contribution >= 0.6 is 0 Å². The molecule has 1 aliphatic rings. The number of hydrogen-bond donors (Lipinski definition) is 0. The van der Waals surface area contributed by atoms with Crippen molar-refractivity contribution in [2.45, 2.75) is 25.9 Å². The van der Waals surface area contributed by atoms with Gasteiger partial charge in [0.25, 0.3) is 0 Å². The van der Waals surface area contributed by atoms with Crippen molar-refractivity contribution in [3.05, 3.63) is 41.3 Å². The largest absolute Gasteiger partial charge is 0.366 e. The highest BCUT2D eigenvalue weighted by molar-refractivity contribution is 5.60. The fraction of sp³-hybridized carbons (Fsp3) is 0.438. The van der Waals surface area contributed by atoms with Crippen LogP contribution in [-0.4, -0.2) is 29.8 Å². The van der Waals surface area contributed by atoms with Crippen LogP contribution in [0, 0.1) is 17.1 Å². The summed E-state index contributed by atoms with van der Waals surface area (Å²) in [4.78, 5) is 6.27. The molecule has 0 saturated carbocycles.